The molecule has 0 saturated heterocycles. The van der Waals surface area contributed by atoms with Crippen LogP contribution in [-0.4, -0.2) is 30.9 Å². The Balaban J connectivity index is 2.69. The SMILES string of the molecule is CNC(=O)c1ccc(CN(C)[C@H](C)C#N)cc1. The molecule has 1 rings (SSSR count). The van der Waals surface area contributed by atoms with E-state index in [1.54, 1.807) is 19.2 Å². The van der Waals surface area contributed by atoms with Gasteiger partial charge in [-0.05, 0) is 31.7 Å². The number of benzene rings is 1. The van der Waals surface area contributed by atoms with Crippen molar-refractivity contribution in [2.24, 2.45) is 0 Å². The van der Waals surface area contributed by atoms with E-state index in [0.29, 0.717) is 12.1 Å². The monoisotopic (exact) mass is 231 g/mol. The van der Waals surface area contributed by atoms with E-state index in [1.165, 1.54) is 0 Å². The molecular formula is C13H17N3O. The quantitative estimate of drug-likeness (QED) is 0.852. The van der Waals surface area contributed by atoms with Gasteiger partial charge in [-0.1, -0.05) is 12.1 Å². The smallest absolute Gasteiger partial charge is 0.251 e. The summed E-state index contributed by atoms with van der Waals surface area (Å²) in [5.41, 5.74) is 1.73. The number of nitrogens with zero attached hydrogens (tertiary/aromatic N) is 2. The normalized spacial score (nSPS) is 11.9. The molecule has 0 radical (unpaired) electrons. The van der Waals surface area contributed by atoms with Crippen molar-refractivity contribution in [1.29, 1.82) is 5.26 Å². The lowest BCUT2D eigenvalue weighted by Crippen LogP contribution is -2.27. The average molecular weight is 231 g/mol. The van der Waals surface area contributed by atoms with Gasteiger partial charge in [0.05, 0.1) is 12.1 Å². The van der Waals surface area contributed by atoms with Crippen molar-refractivity contribution in [3.63, 3.8) is 0 Å². The van der Waals surface area contributed by atoms with E-state index in [4.69, 9.17) is 5.26 Å². The van der Waals surface area contributed by atoms with Gasteiger partial charge in [0.1, 0.15) is 0 Å². The Bertz CT molecular complexity index is 419. The van der Waals surface area contributed by atoms with Crippen molar-refractivity contribution in [2.45, 2.75) is 19.5 Å². The second-order valence-corrected chi connectivity index (χ2v) is 4.00. The van der Waals surface area contributed by atoms with Gasteiger partial charge in [0, 0.05) is 19.2 Å². The van der Waals surface area contributed by atoms with Gasteiger partial charge in [-0.2, -0.15) is 5.26 Å². The summed E-state index contributed by atoms with van der Waals surface area (Å²) in [4.78, 5) is 13.3. The van der Waals surface area contributed by atoms with Crippen LogP contribution in [0.5, 0.6) is 0 Å². The van der Waals surface area contributed by atoms with E-state index in [9.17, 15) is 4.79 Å². The lowest BCUT2D eigenvalue weighted by atomic mass is 10.1. The molecule has 0 fully saturated rings. The third-order valence-corrected chi connectivity index (χ3v) is 2.72. The summed E-state index contributed by atoms with van der Waals surface area (Å²) in [5, 5.41) is 11.4. The highest BCUT2D eigenvalue weighted by Crippen LogP contribution is 2.08. The fraction of sp³-hybridized carbons (Fsp3) is 0.385. The fourth-order valence-electron chi connectivity index (χ4n) is 1.43. The fourth-order valence-corrected chi connectivity index (χ4v) is 1.43. The van der Waals surface area contributed by atoms with Crippen molar-refractivity contribution in [1.82, 2.24) is 10.2 Å². The number of hydrogen-bond donors (Lipinski definition) is 1. The van der Waals surface area contributed by atoms with E-state index in [1.807, 2.05) is 31.0 Å². The zero-order chi connectivity index (χ0) is 12.8. The maximum Gasteiger partial charge on any atom is 0.251 e. The molecule has 0 bridgehead atoms. The van der Waals surface area contributed by atoms with Crippen LogP contribution in [0.25, 0.3) is 0 Å². The second kappa shape index (κ2) is 6.02. The maximum absolute atomic E-state index is 11.3. The van der Waals surface area contributed by atoms with E-state index in [0.717, 1.165) is 5.56 Å². The molecular weight excluding hydrogens is 214 g/mol. The summed E-state index contributed by atoms with van der Waals surface area (Å²) < 4.78 is 0. The van der Waals surface area contributed by atoms with Crippen LogP contribution in [-0.2, 0) is 6.54 Å². The zero-order valence-electron chi connectivity index (χ0n) is 10.4. The first-order chi connectivity index (χ1) is 8.08. The number of nitriles is 1. The van der Waals surface area contributed by atoms with Crippen molar-refractivity contribution in [2.75, 3.05) is 14.1 Å². The number of nitrogens with one attached hydrogen (secondary N) is 1. The van der Waals surface area contributed by atoms with Crippen LogP contribution in [0.2, 0.25) is 0 Å². The topological polar surface area (TPSA) is 56.1 Å². The summed E-state index contributed by atoms with van der Waals surface area (Å²) in [6.07, 6.45) is 0. The third kappa shape index (κ3) is 3.58. The van der Waals surface area contributed by atoms with Gasteiger partial charge >= 0.3 is 0 Å². The predicted octanol–water partition coefficient (Wildman–Crippen LogP) is 1.39. The highest BCUT2D eigenvalue weighted by atomic mass is 16.1. The average Bonchev–Trinajstić information content (AvgIpc) is 2.37. The highest BCUT2D eigenvalue weighted by Gasteiger charge is 2.08. The Labute approximate surface area is 102 Å². The third-order valence-electron chi connectivity index (χ3n) is 2.72. The Morgan fingerprint density at radius 2 is 2.06 bits per heavy atom. The predicted molar refractivity (Wildman–Crippen MR) is 66.4 cm³/mol. The van der Waals surface area contributed by atoms with Crippen LogP contribution >= 0.6 is 0 Å². The van der Waals surface area contributed by atoms with E-state index >= 15 is 0 Å². The summed E-state index contributed by atoms with van der Waals surface area (Å²) in [6, 6.07) is 9.47. The summed E-state index contributed by atoms with van der Waals surface area (Å²) >= 11 is 0. The minimum absolute atomic E-state index is 0.0877. The van der Waals surface area contributed by atoms with Gasteiger partial charge in [0.15, 0.2) is 0 Å². The molecule has 0 heterocycles. The molecule has 17 heavy (non-hydrogen) atoms. The minimum Gasteiger partial charge on any atom is -0.355 e. The van der Waals surface area contributed by atoms with E-state index < -0.39 is 0 Å². The van der Waals surface area contributed by atoms with E-state index in [2.05, 4.69) is 11.4 Å². The zero-order valence-corrected chi connectivity index (χ0v) is 10.4. The lowest BCUT2D eigenvalue weighted by Gasteiger charge is -2.18. The van der Waals surface area contributed by atoms with Gasteiger partial charge < -0.3 is 5.32 Å². The highest BCUT2D eigenvalue weighted by molar-refractivity contribution is 5.93. The number of carbonyl (C=O) groups is 1. The van der Waals surface area contributed by atoms with Crippen molar-refractivity contribution < 1.29 is 4.79 Å². The van der Waals surface area contributed by atoms with Crippen LogP contribution in [0, 0.1) is 11.3 Å². The van der Waals surface area contributed by atoms with Gasteiger partial charge in [-0.3, -0.25) is 9.69 Å². The Morgan fingerprint density at radius 3 is 2.53 bits per heavy atom. The molecule has 0 aliphatic carbocycles. The Hall–Kier alpha value is -1.86. The number of amides is 1. The van der Waals surface area contributed by atoms with Crippen LogP contribution in [0.15, 0.2) is 24.3 Å². The molecule has 4 heteroatoms. The van der Waals surface area contributed by atoms with Crippen LogP contribution in [0.1, 0.15) is 22.8 Å². The van der Waals surface area contributed by atoms with Gasteiger partial charge in [-0.25, -0.2) is 0 Å². The molecule has 1 amide bonds. The number of carbonyl (C=O) groups excluding carboxylic acids is 1. The van der Waals surface area contributed by atoms with Crippen molar-refractivity contribution in [3.8, 4) is 6.07 Å². The van der Waals surface area contributed by atoms with Gasteiger partial charge in [0.2, 0.25) is 0 Å². The van der Waals surface area contributed by atoms with Gasteiger partial charge in [-0.15, -0.1) is 0 Å². The first kappa shape index (κ1) is 13.2. The molecule has 1 N–H and O–H groups in total. The first-order valence-electron chi connectivity index (χ1n) is 5.49. The maximum atomic E-state index is 11.3. The minimum atomic E-state index is -0.117. The molecule has 90 valence electrons. The largest absolute Gasteiger partial charge is 0.355 e. The standard InChI is InChI=1S/C13H17N3O/c1-10(8-14)16(3)9-11-4-6-12(7-5-11)13(17)15-2/h4-7,10H,9H2,1-3H3,(H,15,17)/t10-/m1/s1. The van der Waals surface area contributed by atoms with Crippen molar-refractivity contribution in [3.05, 3.63) is 35.4 Å². The molecule has 0 saturated carbocycles. The van der Waals surface area contributed by atoms with Gasteiger partial charge in [0.25, 0.3) is 5.91 Å². The summed E-state index contributed by atoms with van der Waals surface area (Å²) in [7, 11) is 3.51. The first-order valence-corrected chi connectivity index (χ1v) is 5.49. The molecule has 1 aromatic carbocycles. The second-order valence-electron chi connectivity index (χ2n) is 4.00. The molecule has 0 aliphatic rings. The molecule has 4 nitrogen and oxygen atoms in total. The molecule has 0 spiro atoms. The molecule has 1 aromatic rings. The molecule has 0 aliphatic heterocycles. The molecule has 1 atom stereocenters. The Morgan fingerprint density at radius 1 is 1.47 bits per heavy atom. The number of hydrogen-bond acceptors (Lipinski definition) is 3. The molecule has 0 aromatic heterocycles. The Kier molecular flexibility index (Phi) is 4.68. The van der Waals surface area contributed by atoms with E-state index in [-0.39, 0.29) is 11.9 Å². The number of rotatable bonds is 4. The van der Waals surface area contributed by atoms with Crippen LogP contribution < -0.4 is 5.32 Å². The van der Waals surface area contributed by atoms with Crippen LogP contribution in [0.4, 0.5) is 0 Å². The van der Waals surface area contributed by atoms with Crippen LogP contribution in [0.3, 0.4) is 0 Å². The lowest BCUT2D eigenvalue weighted by molar-refractivity contribution is 0.0963. The summed E-state index contributed by atoms with van der Waals surface area (Å²) in [6.45, 7) is 2.56. The molecule has 0 unspecified atom stereocenters. The van der Waals surface area contributed by atoms with Crippen molar-refractivity contribution >= 4 is 5.91 Å². The summed E-state index contributed by atoms with van der Waals surface area (Å²) in [5.74, 6) is -0.0877.